The van der Waals surface area contributed by atoms with Gasteiger partial charge in [-0.25, -0.2) is 4.79 Å². The fourth-order valence-corrected chi connectivity index (χ4v) is 3.63. The molecule has 0 radical (unpaired) electrons. The molecule has 0 bridgehead atoms. The van der Waals surface area contributed by atoms with Gasteiger partial charge in [0, 0.05) is 12.6 Å². The highest BCUT2D eigenvalue weighted by molar-refractivity contribution is 6.22. The van der Waals surface area contributed by atoms with Crippen molar-refractivity contribution in [1.82, 2.24) is 4.90 Å². The van der Waals surface area contributed by atoms with Gasteiger partial charge in [0.15, 0.2) is 6.61 Å². The molecule has 2 N–H and O–H groups in total. The largest absolute Gasteiger partial charge is 0.495 e. The maximum absolute atomic E-state index is 12.8. The summed E-state index contributed by atoms with van der Waals surface area (Å²) in [6.07, 6.45) is 0. The SMILES string of the molecule is COc1ccc(NC(C)=O)cc1NC(=O)COC(=O)[C@H](C(C)C)N1C(=O)c2ccccc2C1=O. The van der Waals surface area contributed by atoms with Gasteiger partial charge in [0.2, 0.25) is 5.91 Å². The molecule has 4 amide bonds. The first-order chi connectivity index (χ1) is 16.1. The minimum Gasteiger partial charge on any atom is -0.495 e. The number of imide groups is 1. The molecular weight excluding hydrogens is 442 g/mol. The van der Waals surface area contributed by atoms with Crippen LogP contribution in [0.1, 0.15) is 41.5 Å². The fourth-order valence-electron chi connectivity index (χ4n) is 3.63. The predicted octanol–water partition coefficient (Wildman–Crippen LogP) is 2.46. The highest BCUT2D eigenvalue weighted by Crippen LogP contribution is 2.29. The quantitative estimate of drug-likeness (QED) is 0.450. The van der Waals surface area contributed by atoms with Crippen LogP contribution in [0.4, 0.5) is 11.4 Å². The van der Waals surface area contributed by atoms with Gasteiger partial charge in [-0.1, -0.05) is 26.0 Å². The Morgan fingerprint density at radius 3 is 2.12 bits per heavy atom. The maximum atomic E-state index is 12.8. The van der Waals surface area contributed by atoms with Crippen LogP contribution in [0.25, 0.3) is 0 Å². The summed E-state index contributed by atoms with van der Waals surface area (Å²) in [4.78, 5) is 63.1. The maximum Gasteiger partial charge on any atom is 0.330 e. The third-order valence-electron chi connectivity index (χ3n) is 5.12. The summed E-state index contributed by atoms with van der Waals surface area (Å²) in [7, 11) is 1.42. The van der Waals surface area contributed by atoms with Crippen LogP contribution < -0.4 is 15.4 Å². The van der Waals surface area contributed by atoms with Crippen molar-refractivity contribution in [3.05, 3.63) is 53.6 Å². The Hall–Kier alpha value is -4.21. The van der Waals surface area contributed by atoms with Gasteiger partial charge in [0.25, 0.3) is 17.7 Å². The van der Waals surface area contributed by atoms with E-state index >= 15 is 0 Å². The number of anilines is 2. The van der Waals surface area contributed by atoms with E-state index in [0.717, 1.165) is 4.90 Å². The van der Waals surface area contributed by atoms with Gasteiger partial charge in [0.1, 0.15) is 11.8 Å². The van der Waals surface area contributed by atoms with Crippen LogP contribution in [0, 0.1) is 5.92 Å². The molecule has 178 valence electrons. The van der Waals surface area contributed by atoms with Gasteiger partial charge >= 0.3 is 5.97 Å². The van der Waals surface area contributed by atoms with Crippen molar-refractivity contribution >= 4 is 41.0 Å². The van der Waals surface area contributed by atoms with Crippen LogP contribution in [0.3, 0.4) is 0 Å². The number of ether oxygens (including phenoxy) is 2. The van der Waals surface area contributed by atoms with Gasteiger partial charge in [-0.3, -0.25) is 24.1 Å². The van der Waals surface area contributed by atoms with Gasteiger partial charge in [-0.2, -0.15) is 0 Å². The summed E-state index contributed by atoms with van der Waals surface area (Å²) in [6, 6.07) is 9.77. The zero-order valence-electron chi connectivity index (χ0n) is 19.2. The first kappa shape index (κ1) is 24.4. The molecule has 0 saturated heterocycles. The second kappa shape index (κ2) is 10.2. The molecule has 0 fully saturated rings. The lowest BCUT2D eigenvalue weighted by atomic mass is 10.0. The predicted molar refractivity (Wildman–Crippen MR) is 122 cm³/mol. The van der Waals surface area contributed by atoms with E-state index in [2.05, 4.69) is 10.6 Å². The lowest BCUT2D eigenvalue weighted by molar-refractivity contribution is -0.152. The number of hydrogen-bond donors (Lipinski definition) is 2. The molecule has 3 rings (SSSR count). The Morgan fingerprint density at radius 1 is 0.971 bits per heavy atom. The van der Waals surface area contributed by atoms with Gasteiger partial charge in [-0.05, 0) is 36.2 Å². The Labute approximate surface area is 196 Å². The van der Waals surface area contributed by atoms with Crippen LogP contribution in [-0.2, 0) is 19.1 Å². The van der Waals surface area contributed by atoms with Crippen molar-refractivity contribution in [3.63, 3.8) is 0 Å². The molecular formula is C24H25N3O7. The number of rotatable bonds is 8. The first-order valence-electron chi connectivity index (χ1n) is 10.5. The summed E-state index contributed by atoms with van der Waals surface area (Å²) in [5.41, 5.74) is 1.13. The number of methoxy groups -OCH3 is 1. The molecule has 2 aromatic carbocycles. The average molecular weight is 467 g/mol. The lowest BCUT2D eigenvalue weighted by Crippen LogP contribution is -2.49. The topological polar surface area (TPSA) is 131 Å². The van der Waals surface area contributed by atoms with E-state index in [9.17, 15) is 24.0 Å². The van der Waals surface area contributed by atoms with Crippen LogP contribution in [-0.4, -0.2) is 54.3 Å². The second-order valence-electron chi connectivity index (χ2n) is 7.97. The third kappa shape index (κ3) is 5.06. The standard InChI is InChI=1S/C24H25N3O7/c1-13(2)21(27-22(30)16-7-5-6-8-17(16)23(27)31)24(32)34-12-20(29)26-18-11-15(25-14(3)28)9-10-19(18)33-4/h5-11,13,21H,12H2,1-4H3,(H,25,28)(H,26,29)/t21-/m0/s1. The highest BCUT2D eigenvalue weighted by atomic mass is 16.5. The Bertz CT molecular complexity index is 1120. The van der Waals surface area contributed by atoms with Crippen molar-refractivity contribution in [2.45, 2.75) is 26.8 Å². The zero-order chi connectivity index (χ0) is 25.0. The molecule has 0 aliphatic carbocycles. The summed E-state index contributed by atoms with van der Waals surface area (Å²) in [5.74, 6) is -3.12. The van der Waals surface area contributed by atoms with Crippen LogP contribution in [0.5, 0.6) is 5.75 Å². The normalized spacial score (nSPS) is 13.4. The van der Waals surface area contributed by atoms with E-state index in [-0.39, 0.29) is 22.7 Å². The molecule has 34 heavy (non-hydrogen) atoms. The first-order valence-corrected chi connectivity index (χ1v) is 10.5. The zero-order valence-corrected chi connectivity index (χ0v) is 19.2. The number of amides is 4. The van der Waals surface area contributed by atoms with Crippen LogP contribution in [0.15, 0.2) is 42.5 Å². The van der Waals surface area contributed by atoms with E-state index in [1.165, 1.54) is 32.2 Å². The van der Waals surface area contributed by atoms with E-state index in [1.807, 2.05) is 0 Å². The van der Waals surface area contributed by atoms with E-state index in [0.29, 0.717) is 11.4 Å². The molecule has 2 aromatic rings. The van der Waals surface area contributed by atoms with Gasteiger partial charge in [0.05, 0.1) is 23.9 Å². The molecule has 0 saturated carbocycles. The van der Waals surface area contributed by atoms with Crippen LogP contribution in [0.2, 0.25) is 0 Å². The van der Waals surface area contributed by atoms with E-state index in [1.54, 1.807) is 38.1 Å². The summed E-state index contributed by atoms with van der Waals surface area (Å²) < 4.78 is 10.4. The molecule has 0 aromatic heterocycles. The van der Waals surface area contributed by atoms with Gasteiger partial charge < -0.3 is 20.1 Å². The van der Waals surface area contributed by atoms with Crippen molar-refractivity contribution < 1.29 is 33.4 Å². The fraction of sp³-hybridized carbons (Fsp3) is 0.292. The average Bonchev–Trinajstić information content (AvgIpc) is 3.03. The number of benzene rings is 2. The Balaban J connectivity index is 1.70. The summed E-state index contributed by atoms with van der Waals surface area (Å²) in [6.45, 7) is 4.04. The number of hydrogen-bond acceptors (Lipinski definition) is 7. The number of nitrogens with one attached hydrogen (secondary N) is 2. The summed E-state index contributed by atoms with van der Waals surface area (Å²) >= 11 is 0. The third-order valence-corrected chi connectivity index (χ3v) is 5.12. The van der Waals surface area contributed by atoms with Crippen LogP contribution >= 0.6 is 0 Å². The Morgan fingerprint density at radius 2 is 1.59 bits per heavy atom. The number of nitrogens with zero attached hydrogens (tertiary/aromatic N) is 1. The molecule has 0 unspecified atom stereocenters. The lowest BCUT2D eigenvalue weighted by Gasteiger charge is -2.27. The highest BCUT2D eigenvalue weighted by Gasteiger charge is 2.44. The second-order valence-corrected chi connectivity index (χ2v) is 7.97. The minimum atomic E-state index is -1.20. The number of carbonyl (C=O) groups excluding carboxylic acids is 5. The van der Waals surface area contributed by atoms with E-state index in [4.69, 9.17) is 9.47 Å². The molecule has 10 heteroatoms. The van der Waals surface area contributed by atoms with Gasteiger partial charge in [-0.15, -0.1) is 0 Å². The molecule has 1 aliphatic heterocycles. The van der Waals surface area contributed by atoms with Crippen molar-refractivity contribution in [3.8, 4) is 5.75 Å². The van der Waals surface area contributed by atoms with E-state index < -0.39 is 42.3 Å². The molecule has 1 aliphatic rings. The number of carbonyl (C=O) groups is 5. The minimum absolute atomic E-state index is 0.217. The summed E-state index contributed by atoms with van der Waals surface area (Å²) in [5, 5.41) is 5.15. The number of esters is 1. The molecule has 0 spiro atoms. The van der Waals surface area contributed by atoms with Crippen molar-refractivity contribution in [2.75, 3.05) is 24.4 Å². The molecule has 10 nitrogen and oxygen atoms in total. The van der Waals surface area contributed by atoms with Crippen molar-refractivity contribution in [2.24, 2.45) is 5.92 Å². The number of fused-ring (bicyclic) bond motifs is 1. The monoisotopic (exact) mass is 467 g/mol. The Kier molecular flexibility index (Phi) is 7.30. The molecule has 1 heterocycles. The van der Waals surface area contributed by atoms with Crippen molar-refractivity contribution in [1.29, 1.82) is 0 Å². The smallest absolute Gasteiger partial charge is 0.330 e. The molecule has 1 atom stereocenters.